The van der Waals surface area contributed by atoms with Gasteiger partial charge in [0.25, 0.3) is 0 Å². The standard InChI is InChI=1S/C16H7Br2F3O3/c17-10-5-9-6-13(23-15(9)12(18)7-10)14(22)8-1-3-11(4-2-8)24-16(19,20)21/h1-7H. The largest absolute Gasteiger partial charge is 0.573 e. The van der Waals surface area contributed by atoms with Gasteiger partial charge in [-0.25, -0.2) is 0 Å². The molecule has 0 aliphatic rings. The maximum Gasteiger partial charge on any atom is 0.573 e. The average molecular weight is 464 g/mol. The topological polar surface area (TPSA) is 39.4 Å². The zero-order valence-electron chi connectivity index (χ0n) is 11.7. The van der Waals surface area contributed by atoms with E-state index in [1.165, 1.54) is 12.1 Å². The van der Waals surface area contributed by atoms with Gasteiger partial charge in [0.05, 0.1) is 4.47 Å². The normalized spacial score (nSPS) is 11.7. The fraction of sp³-hybridized carbons (Fsp3) is 0.0625. The Morgan fingerprint density at radius 2 is 1.71 bits per heavy atom. The highest BCUT2D eigenvalue weighted by Crippen LogP contribution is 2.32. The van der Waals surface area contributed by atoms with E-state index in [9.17, 15) is 18.0 Å². The van der Waals surface area contributed by atoms with Crippen molar-refractivity contribution < 1.29 is 27.1 Å². The summed E-state index contributed by atoms with van der Waals surface area (Å²) >= 11 is 6.69. The molecule has 24 heavy (non-hydrogen) atoms. The van der Waals surface area contributed by atoms with Gasteiger partial charge in [0.2, 0.25) is 5.78 Å². The number of carbonyl (C=O) groups excluding carboxylic acids is 1. The number of fused-ring (bicyclic) bond motifs is 1. The molecule has 124 valence electrons. The molecule has 3 nitrogen and oxygen atoms in total. The first-order chi connectivity index (χ1) is 11.2. The van der Waals surface area contributed by atoms with Crippen LogP contribution in [0.1, 0.15) is 16.1 Å². The van der Waals surface area contributed by atoms with Crippen LogP contribution in [0.15, 0.2) is 55.8 Å². The van der Waals surface area contributed by atoms with Gasteiger partial charge >= 0.3 is 6.36 Å². The molecular weight excluding hydrogens is 457 g/mol. The number of hydrogen-bond donors (Lipinski definition) is 0. The van der Waals surface area contributed by atoms with Crippen molar-refractivity contribution in [2.45, 2.75) is 6.36 Å². The summed E-state index contributed by atoms with van der Waals surface area (Å²) in [6.07, 6.45) is -4.77. The van der Waals surface area contributed by atoms with Crippen LogP contribution in [0.25, 0.3) is 11.0 Å². The number of carbonyl (C=O) groups is 1. The van der Waals surface area contributed by atoms with Crippen molar-refractivity contribution in [3.63, 3.8) is 0 Å². The molecule has 0 amide bonds. The van der Waals surface area contributed by atoms with Crippen LogP contribution >= 0.6 is 31.9 Å². The molecule has 1 aromatic heterocycles. The molecule has 1 heterocycles. The summed E-state index contributed by atoms with van der Waals surface area (Å²) in [5, 5.41) is 0.719. The van der Waals surface area contributed by atoms with Gasteiger partial charge in [-0.2, -0.15) is 0 Å². The second-order valence-corrected chi connectivity index (χ2v) is 6.59. The SMILES string of the molecule is O=C(c1ccc(OC(F)(F)F)cc1)c1cc2cc(Br)cc(Br)c2o1. The van der Waals surface area contributed by atoms with E-state index in [0.717, 1.165) is 22.0 Å². The van der Waals surface area contributed by atoms with Crippen LogP contribution in [0.4, 0.5) is 13.2 Å². The summed E-state index contributed by atoms with van der Waals surface area (Å²) < 4.78 is 47.2. The van der Waals surface area contributed by atoms with Crippen LogP contribution in [0.3, 0.4) is 0 Å². The van der Waals surface area contributed by atoms with Crippen LogP contribution in [0, 0.1) is 0 Å². The van der Waals surface area contributed by atoms with Crippen molar-refractivity contribution in [2.24, 2.45) is 0 Å². The van der Waals surface area contributed by atoms with E-state index in [4.69, 9.17) is 4.42 Å². The minimum Gasteiger partial charge on any atom is -0.451 e. The molecular formula is C16H7Br2F3O3. The first-order valence-electron chi connectivity index (χ1n) is 6.52. The Morgan fingerprint density at radius 1 is 1.04 bits per heavy atom. The van der Waals surface area contributed by atoms with E-state index < -0.39 is 17.9 Å². The zero-order chi connectivity index (χ0) is 17.5. The Hall–Kier alpha value is -1.80. The van der Waals surface area contributed by atoms with E-state index in [-0.39, 0.29) is 11.3 Å². The number of benzene rings is 2. The summed E-state index contributed by atoms with van der Waals surface area (Å²) in [7, 11) is 0. The van der Waals surface area contributed by atoms with Crippen molar-refractivity contribution in [3.05, 3.63) is 62.7 Å². The van der Waals surface area contributed by atoms with Crippen molar-refractivity contribution in [3.8, 4) is 5.75 Å². The Bertz CT molecular complexity index is 915. The van der Waals surface area contributed by atoms with Gasteiger partial charge in [0, 0.05) is 15.4 Å². The van der Waals surface area contributed by atoms with Crippen molar-refractivity contribution in [1.82, 2.24) is 0 Å². The van der Waals surface area contributed by atoms with E-state index >= 15 is 0 Å². The molecule has 8 heteroatoms. The molecule has 3 aromatic rings. The first-order valence-corrected chi connectivity index (χ1v) is 8.10. The minimum atomic E-state index is -4.77. The third-order valence-corrected chi connectivity index (χ3v) is 4.16. The van der Waals surface area contributed by atoms with Crippen molar-refractivity contribution in [2.75, 3.05) is 0 Å². The fourth-order valence-corrected chi connectivity index (χ4v) is 3.48. The molecule has 0 N–H and O–H groups in total. The summed E-state index contributed by atoms with van der Waals surface area (Å²) in [4.78, 5) is 12.4. The van der Waals surface area contributed by atoms with Crippen LogP contribution in [0.2, 0.25) is 0 Å². The highest BCUT2D eigenvalue weighted by Gasteiger charge is 2.31. The molecule has 0 aliphatic heterocycles. The molecule has 2 aromatic carbocycles. The summed E-state index contributed by atoms with van der Waals surface area (Å²) in [6.45, 7) is 0. The van der Waals surface area contributed by atoms with Crippen LogP contribution in [0.5, 0.6) is 5.75 Å². The Morgan fingerprint density at radius 3 is 2.33 bits per heavy atom. The second-order valence-electron chi connectivity index (χ2n) is 4.82. The van der Waals surface area contributed by atoms with Crippen LogP contribution in [-0.2, 0) is 0 Å². The highest BCUT2D eigenvalue weighted by molar-refractivity contribution is 9.11. The first kappa shape index (κ1) is 17.0. The fourth-order valence-electron chi connectivity index (χ4n) is 2.14. The third kappa shape index (κ3) is 3.64. The van der Waals surface area contributed by atoms with Crippen LogP contribution < -0.4 is 4.74 Å². The quantitative estimate of drug-likeness (QED) is 0.441. The molecule has 0 spiro atoms. The predicted octanol–water partition coefficient (Wildman–Crippen LogP) is 6.09. The number of ketones is 1. The third-order valence-electron chi connectivity index (χ3n) is 3.11. The molecule has 0 saturated heterocycles. The van der Waals surface area contributed by atoms with Crippen molar-refractivity contribution >= 4 is 48.6 Å². The number of alkyl halides is 3. The van der Waals surface area contributed by atoms with Gasteiger partial charge in [-0.3, -0.25) is 4.79 Å². The number of halogens is 5. The molecule has 0 unspecified atom stereocenters. The molecule has 0 radical (unpaired) electrons. The summed E-state index contributed by atoms with van der Waals surface area (Å²) in [5.74, 6) is -0.739. The summed E-state index contributed by atoms with van der Waals surface area (Å²) in [6, 6.07) is 9.81. The monoisotopic (exact) mass is 462 g/mol. The van der Waals surface area contributed by atoms with Crippen molar-refractivity contribution in [1.29, 1.82) is 0 Å². The average Bonchev–Trinajstić information content (AvgIpc) is 2.90. The number of rotatable bonds is 3. The van der Waals surface area contributed by atoms with E-state index in [1.807, 2.05) is 0 Å². The van der Waals surface area contributed by atoms with E-state index in [1.54, 1.807) is 18.2 Å². The van der Waals surface area contributed by atoms with Gasteiger partial charge in [-0.05, 0) is 58.4 Å². The maximum atomic E-state index is 12.4. The lowest BCUT2D eigenvalue weighted by Gasteiger charge is -2.08. The number of hydrogen-bond acceptors (Lipinski definition) is 3. The Kier molecular flexibility index (Phi) is 4.44. The minimum absolute atomic E-state index is 0.0910. The Labute approximate surface area is 150 Å². The number of furan rings is 1. The second kappa shape index (κ2) is 6.25. The lowest BCUT2D eigenvalue weighted by molar-refractivity contribution is -0.274. The molecule has 0 fully saturated rings. The van der Waals surface area contributed by atoms with Gasteiger partial charge in [0.1, 0.15) is 11.3 Å². The highest BCUT2D eigenvalue weighted by atomic mass is 79.9. The van der Waals surface area contributed by atoms with Gasteiger partial charge in [-0.15, -0.1) is 13.2 Å². The lowest BCUT2D eigenvalue weighted by Crippen LogP contribution is -2.17. The molecule has 0 bridgehead atoms. The van der Waals surface area contributed by atoms with Gasteiger partial charge < -0.3 is 9.15 Å². The predicted molar refractivity (Wildman–Crippen MR) is 88.2 cm³/mol. The zero-order valence-corrected chi connectivity index (χ0v) is 14.8. The van der Waals surface area contributed by atoms with Gasteiger partial charge in [-0.1, -0.05) is 15.9 Å². The maximum absolute atomic E-state index is 12.4. The lowest BCUT2D eigenvalue weighted by atomic mass is 10.1. The molecule has 0 atom stereocenters. The number of ether oxygens (including phenoxy) is 1. The van der Waals surface area contributed by atoms with Gasteiger partial charge in [0.15, 0.2) is 5.76 Å². The molecule has 3 rings (SSSR count). The van der Waals surface area contributed by atoms with E-state index in [2.05, 4.69) is 36.6 Å². The van der Waals surface area contributed by atoms with E-state index in [0.29, 0.717) is 10.1 Å². The molecule has 0 aliphatic carbocycles. The Balaban J connectivity index is 1.90. The van der Waals surface area contributed by atoms with Crippen LogP contribution in [-0.4, -0.2) is 12.1 Å². The smallest absolute Gasteiger partial charge is 0.451 e. The summed E-state index contributed by atoms with van der Waals surface area (Å²) in [5.41, 5.74) is 0.706. The molecule has 0 saturated carbocycles.